The van der Waals surface area contributed by atoms with Crippen LogP contribution in [-0.4, -0.2) is 18.3 Å². The van der Waals surface area contributed by atoms with Gasteiger partial charge in [0.25, 0.3) is 0 Å². The van der Waals surface area contributed by atoms with Crippen LogP contribution in [0.25, 0.3) is 0 Å². The maximum atomic E-state index is 12.0. The average molecular weight is 289 g/mol. The smallest absolute Gasteiger partial charge is 0.167 e. The molecule has 1 rings (SSSR count). The molecule has 0 spiro atoms. The third kappa shape index (κ3) is 3.63. The average Bonchev–Trinajstić information content (AvgIpc) is 2.31. The lowest BCUT2D eigenvalue weighted by molar-refractivity contribution is 0.0985. The maximum Gasteiger partial charge on any atom is 0.167 e. The summed E-state index contributed by atoms with van der Waals surface area (Å²) in [6, 6.07) is 3.52. The number of Topliss-reactive ketones (excluding diaryl/α,β-unsaturated/α-hetero) is 1. The van der Waals surface area contributed by atoms with Gasteiger partial charge in [0.15, 0.2) is 5.78 Å². The van der Waals surface area contributed by atoms with Crippen molar-refractivity contribution in [3.8, 4) is 5.75 Å². The number of hydrogen-bond donors (Lipinski definition) is 0. The number of ether oxygens (including phenoxy) is 1. The number of ketones is 1. The summed E-state index contributed by atoms with van der Waals surface area (Å²) in [6.07, 6.45) is 0.291. The second-order valence-electron chi connectivity index (χ2n) is 4.32. The first-order chi connectivity index (χ1) is 8.51. The summed E-state index contributed by atoms with van der Waals surface area (Å²) in [5.41, 5.74) is 1.50. The van der Waals surface area contributed by atoms with Gasteiger partial charge in [-0.05, 0) is 30.5 Å². The summed E-state index contributed by atoms with van der Waals surface area (Å²) in [5.74, 6) is 1.16. The Bertz CT molecular complexity index is 428. The van der Waals surface area contributed by atoms with Crippen molar-refractivity contribution in [1.82, 2.24) is 0 Å². The Morgan fingerprint density at radius 1 is 1.39 bits per heavy atom. The molecule has 1 aromatic rings. The molecular weight excluding hydrogens is 271 g/mol. The predicted octanol–water partition coefficient (Wildman–Crippen LogP) is 4.67. The highest BCUT2D eigenvalue weighted by molar-refractivity contribution is 6.31. The van der Waals surface area contributed by atoms with Crippen molar-refractivity contribution in [2.24, 2.45) is 0 Å². The van der Waals surface area contributed by atoms with Gasteiger partial charge in [0.05, 0.1) is 12.2 Å². The van der Waals surface area contributed by atoms with Gasteiger partial charge in [-0.25, -0.2) is 0 Å². The van der Waals surface area contributed by atoms with Crippen molar-refractivity contribution in [2.75, 3.05) is 12.5 Å². The molecular formula is C14H18Cl2O2. The quantitative estimate of drug-likeness (QED) is 0.561. The highest BCUT2D eigenvalue weighted by Gasteiger charge is 2.19. The first-order valence-electron chi connectivity index (χ1n) is 6.06. The van der Waals surface area contributed by atoms with Crippen molar-refractivity contribution in [3.63, 3.8) is 0 Å². The number of benzene rings is 1. The van der Waals surface area contributed by atoms with Crippen LogP contribution >= 0.6 is 23.2 Å². The van der Waals surface area contributed by atoms with Gasteiger partial charge in [0, 0.05) is 17.3 Å². The van der Waals surface area contributed by atoms with E-state index in [2.05, 4.69) is 0 Å². The van der Waals surface area contributed by atoms with Gasteiger partial charge in [-0.2, -0.15) is 0 Å². The van der Waals surface area contributed by atoms with E-state index in [1.54, 1.807) is 6.07 Å². The summed E-state index contributed by atoms with van der Waals surface area (Å²) >= 11 is 11.7. The van der Waals surface area contributed by atoms with E-state index >= 15 is 0 Å². The number of hydrogen-bond acceptors (Lipinski definition) is 2. The zero-order valence-corrected chi connectivity index (χ0v) is 12.4. The molecule has 0 fully saturated rings. The van der Waals surface area contributed by atoms with E-state index in [-0.39, 0.29) is 11.7 Å². The van der Waals surface area contributed by atoms with Crippen LogP contribution in [-0.2, 0) is 0 Å². The third-order valence-corrected chi connectivity index (χ3v) is 3.02. The first-order valence-corrected chi connectivity index (χ1v) is 6.97. The fourth-order valence-corrected chi connectivity index (χ4v) is 2.17. The molecule has 0 bridgehead atoms. The molecule has 0 radical (unpaired) electrons. The molecule has 0 aliphatic rings. The number of alkyl halides is 1. The Kier molecular flexibility index (Phi) is 5.97. The van der Waals surface area contributed by atoms with E-state index < -0.39 is 0 Å². The zero-order chi connectivity index (χ0) is 13.7. The molecule has 0 aliphatic carbocycles. The van der Waals surface area contributed by atoms with Crippen LogP contribution in [0.5, 0.6) is 5.75 Å². The normalized spacial score (nSPS) is 10.8. The van der Waals surface area contributed by atoms with Gasteiger partial charge in [-0.15, -0.1) is 11.6 Å². The topological polar surface area (TPSA) is 26.3 Å². The lowest BCUT2D eigenvalue weighted by Crippen LogP contribution is -2.08. The van der Waals surface area contributed by atoms with Gasteiger partial charge in [-0.1, -0.05) is 25.4 Å². The summed E-state index contributed by atoms with van der Waals surface area (Å²) in [6.45, 7) is 6.50. The standard InChI is InChI=1S/C14H18Cl2O2/c1-4-18-14-11(9(2)3)7-10(16)8-12(14)13(17)5-6-15/h7-9H,4-6H2,1-3H3. The summed E-state index contributed by atoms with van der Waals surface area (Å²) in [5, 5.41) is 0.556. The molecule has 1 aromatic carbocycles. The Morgan fingerprint density at radius 2 is 2.06 bits per heavy atom. The molecule has 0 N–H and O–H groups in total. The Balaban J connectivity index is 3.33. The molecule has 0 heterocycles. The fourth-order valence-electron chi connectivity index (χ4n) is 1.78. The molecule has 0 amide bonds. The highest BCUT2D eigenvalue weighted by Crippen LogP contribution is 2.34. The van der Waals surface area contributed by atoms with E-state index in [1.165, 1.54) is 0 Å². The zero-order valence-electron chi connectivity index (χ0n) is 10.9. The number of halogens is 2. The monoisotopic (exact) mass is 288 g/mol. The summed E-state index contributed by atoms with van der Waals surface area (Å²) < 4.78 is 5.63. The minimum atomic E-state index is -0.0298. The Labute approximate surface area is 118 Å². The van der Waals surface area contributed by atoms with E-state index in [0.29, 0.717) is 35.2 Å². The molecule has 0 saturated carbocycles. The molecule has 2 nitrogen and oxygen atoms in total. The largest absolute Gasteiger partial charge is 0.493 e. The van der Waals surface area contributed by atoms with Crippen LogP contribution in [0.15, 0.2) is 12.1 Å². The van der Waals surface area contributed by atoms with E-state index in [9.17, 15) is 4.79 Å². The van der Waals surface area contributed by atoms with Crippen LogP contribution in [0.4, 0.5) is 0 Å². The van der Waals surface area contributed by atoms with Crippen LogP contribution in [0.3, 0.4) is 0 Å². The molecule has 0 aliphatic heterocycles. The van der Waals surface area contributed by atoms with Gasteiger partial charge in [0.1, 0.15) is 5.75 Å². The molecule has 0 saturated heterocycles. The van der Waals surface area contributed by atoms with Gasteiger partial charge in [-0.3, -0.25) is 4.79 Å². The highest BCUT2D eigenvalue weighted by atomic mass is 35.5. The van der Waals surface area contributed by atoms with Crippen LogP contribution < -0.4 is 4.74 Å². The first kappa shape index (κ1) is 15.3. The Morgan fingerprint density at radius 3 is 2.56 bits per heavy atom. The molecule has 18 heavy (non-hydrogen) atoms. The summed E-state index contributed by atoms with van der Waals surface area (Å²) in [7, 11) is 0. The number of carbonyl (C=O) groups excluding carboxylic acids is 1. The number of rotatable bonds is 6. The Hall–Kier alpha value is -0.730. The van der Waals surface area contributed by atoms with Crippen molar-refractivity contribution >= 4 is 29.0 Å². The van der Waals surface area contributed by atoms with E-state index in [1.807, 2.05) is 26.8 Å². The van der Waals surface area contributed by atoms with E-state index in [0.717, 1.165) is 5.56 Å². The molecule has 0 unspecified atom stereocenters. The van der Waals surface area contributed by atoms with Crippen molar-refractivity contribution in [2.45, 2.75) is 33.1 Å². The van der Waals surface area contributed by atoms with Gasteiger partial charge < -0.3 is 4.74 Å². The summed E-state index contributed by atoms with van der Waals surface area (Å²) in [4.78, 5) is 12.0. The second kappa shape index (κ2) is 7.01. The van der Waals surface area contributed by atoms with Crippen molar-refractivity contribution in [1.29, 1.82) is 0 Å². The minimum absolute atomic E-state index is 0.0298. The molecule has 0 aromatic heterocycles. The van der Waals surface area contributed by atoms with Crippen LogP contribution in [0.1, 0.15) is 49.0 Å². The molecule has 4 heteroatoms. The number of carbonyl (C=O) groups is 1. The lowest BCUT2D eigenvalue weighted by atomic mass is 9.96. The van der Waals surface area contributed by atoms with Crippen LogP contribution in [0.2, 0.25) is 5.02 Å². The molecule has 100 valence electrons. The lowest BCUT2D eigenvalue weighted by Gasteiger charge is -2.17. The maximum absolute atomic E-state index is 12.0. The third-order valence-electron chi connectivity index (χ3n) is 2.62. The second-order valence-corrected chi connectivity index (χ2v) is 5.14. The fraction of sp³-hybridized carbons (Fsp3) is 0.500. The van der Waals surface area contributed by atoms with Gasteiger partial charge >= 0.3 is 0 Å². The van der Waals surface area contributed by atoms with Crippen molar-refractivity contribution < 1.29 is 9.53 Å². The predicted molar refractivity (Wildman–Crippen MR) is 76.4 cm³/mol. The molecule has 0 atom stereocenters. The van der Waals surface area contributed by atoms with E-state index in [4.69, 9.17) is 27.9 Å². The van der Waals surface area contributed by atoms with Crippen molar-refractivity contribution in [3.05, 3.63) is 28.3 Å². The van der Waals surface area contributed by atoms with Crippen LogP contribution in [0, 0.1) is 0 Å². The minimum Gasteiger partial charge on any atom is -0.493 e. The SMILES string of the molecule is CCOc1c(C(=O)CCCl)cc(Cl)cc1C(C)C. The van der Waals surface area contributed by atoms with Gasteiger partial charge in [0.2, 0.25) is 0 Å².